The van der Waals surface area contributed by atoms with Crippen LogP contribution >= 0.6 is 35.3 Å². The first kappa shape index (κ1) is 24.6. The van der Waals surface area contributed by atoms with Crippen molar-refractivity contribution in [1.29, 1.82) is 0 Å². The van der Waals surface area contributed by atoms with Crippen molar-refractivity contribution in [2.24, 2.45) is 4.99 Å². The van der Waals surface area contributed by atoms with Gasteiger partial charge in [0.25, 0.3) is 0 Å². The third kappa shape index (κ3) is 7.56. The van der Waals surface area contributed by atoms with E-state index in [4.69, 9.17) is 4.74 Å². The molecule has 2 heterocycles. The summed E-state index contributed by atoms with van der Waals surface area (Å²) in [6.07, 6.45) is 3.43. The normalized spacial score (nSPS) is 15.4. The third-order valence-electron chi connectivity index (χ3n) is 4.57. The van der Waals surface area contributed by atoms with Crippen LogP contribution in [0.15, 0.2) is 28.7 Å². The number of alkyl halides is 3. The van der Waals surface area contributed by atoms with Gasteiger partial charge in [0.2, 0.25) is 5.88 Å². The van der Waals surface area contributed by atoms with Crippen molar-refractivity contribution in [3.8, 4) is 5.88 Å². The highest BCUT2D eigenvalue weighted by atomic mass is 127. The molecule has 2 aromatic rings. The van der Waals surface area contributed by atoms with Crippen LogP contribution in [0, 0.1) is 0 Å². The van der Waals surface area contributed by atoms with Crippen molar-refractivity contribution in [2.75, 3.05) is 7.05 Å². The maximum Gasteiger partial charge on any atom is 0.434 e. The lowest BCUT2D eigenvalue weighted by molar-refractivity contribution is -0.140. The summed E-state index contributed by atoms with van der Waals surface area (Å²) in [5.41, 5.74) is 0.0707. The summed E-state index contributed by atoms with van der Waals surface area (Å²) in [5.74, 6) is 1.10. The van der Waals surface area contributed by atoms with Gasteiger partial charge in [0.15, 0.2) is 11.7 Å². The number of halogens is 4. The van der Waals surface area contributed by atoms with Gasteiger partial charge in [0.05, 0.1) is 6.54 Å². The summed E-state index contributed by atoms with van der Waals surface area (Å²) in [4.78, 5) is 12.0. The van der Waals surface area contributed by atoms with E-state index in [0.717, 1.165) is 35.1 Å². The first-order valence-corrected chi connectivity index (χ1v) is 10.4. The second kappa shape index (κ2) is 11.7. The minimum atomic E-state index is -4.42. The Morgan fingerprint density at radius 1 is 1.20 bits per heavy atom. The number of rotatable bonds is 6. The maximum atomic E-state index is 12.6. The lowest BCUT2D eigenvalue weighted by Gasteiger charge is -2.22. The van der Waals surface area contributed by atoms with Crippen molar-refractivity contribution in [2.45, 2.75) is 57.5 Å². The van der Waals surface area contributed by atoms with E-state index in [9.17, 15) is 13.2 Å². The highest BCUT2D eigenvalue weighted by Crippen LogP contribution is 2.29. The van der Waals surface area contributed by atoms with Gasteiger partial charge in [0, 0.05) is 31.2 Å². The molecule has 166 valence electrons. The van der Waals surface area contributed by atoms with E-state index in [1.807, 2.05) is 12.1 Å². The van der Waals surface area contributed by atoms with E-state index in [2.05, 4.69) is 25.6 Å². The Bertz CT molecular complexity index is 807. The lowest BCUT2D eigenvalue weighted by atomic mass is 9.98. The Hall–Kier alpha value is -1.63. The smallest absolute Gasteiger partial charge is 0.434 e. The second-order valence-electron chi connectivity index (χ2n) is 6.79. The van der Waals surface area contributed by atoms with Gasteiger partial charge in [-0.25, -0.2) is 9.97 Å². The molecule has 6 nitrogen and oxygen atoms in total. The molecule has 0 spiro atoms. The van der Waals surface area contributed by atoms with Crippen molar-refractivity contribution in [1.82, 2.24) is 20.6 Å². The van der Waals surface area contributed by atoms with Gasteiger partial charge in [-0.1, -0.05) is 12.5 Å². The van der Waals surface area contributed by atoms with Gasteiger partial charge in [-0.15, -0.1) is 35.3 Å². The van der Waals surface area contributed by atoms with Crippen LogP contribution in [0.5, 0.6) is 5.88 Å². The molecule has 0 bridgehead atoms. The van der Waals surface area contributed by atoms with Crippen LogP contribution in [-0.2, 0) is 19.3 Å². The zero-order valence-electron chi connectivity index (χ0n) is 16.5. The number of nitrogens with zero attached hydrogens (tertiary/aromatic N) is 3. The quantitative estimate of drug-likeness (QED) is 0.306. The van der Waals surface area contributed by atoms with E-state index in [0.29, 0.717) is 23.4 Å². The average molecular weight is 555 g/mol. The van der Waals surface area contributed by atoms with Crippen LogP contribution in [0.2, 0.25) is 0 Å². The summed E-state index contributed by atoms with van der Waals surface area (Å²) < 4.78 is 43.7. The Balaban J connectivity index is 0.00000320. The SMILES string of the molecule is CN=C(NCc1ccc(OC2CCCCC2)nc1)NCc1nc(C(F)(F)F)cs1.I. The van der Waals surface area contributed by atoms with Gasteiger partial charge >= 0.3 is 6.18 Å². The number of pyridine rings is 1. The van der Waals surface area contributed by atoms with Gasteiger partial charge in [-0.3, -0.25) is 4.99 Å². The van der Waals surface area contributed by atoms with E-state index in [1.165, 1.54) is 19.3 Å². The summed E-state index contributed by atoms with van der Waals surface area (Å²) in [7, 11) is 1.59. The topological polar surface area (TPSA) is 71.4 Å². The number of hydrogen-bond donors (Lipinski definition) is 2. The molecule has 3 rings (SSSR count). The molecule has 30 heavy (non-hydrogen) atoms. The molecule has 1 aliphatic rings. The van der Waals surface area contributed by atoms with E-state index in [1.54, 1.807) is 13.2 Å². The molecule has 1 fully saturated rings. The first-order chi connectivity index (χ1) is 13.9. The van der Waals surface area contributed by atoms with Crippen molar-refractivity contribution < 1.29 is 17.9 Å². The van der Waals surface area contributed by atoms with Crippen molar-refractivity contribution in [3.05, 3.63) is 40.0 Å². The van der Waals surface area contributed by atoms with E-state index >= 15 is 0 Å². The van der Waals surface area contributed by atoms with Crippen molar-refractivity contribution in [3.63, 3.8) is 0 Å². The molecule has 2 N–H and O–H groups in total. The van der Waals surface area contributed by atoms with E-state index < -0.39 is 11.9 Å². The molecule has 0 atom stereocenters. The van der Waals surface area contributed by atoms with Crippen LogP contribution in [-0.4, -0.2) is 29.1 Å². The molecular weight excluding hydrogens is 530 g/mol. The molecule has 0 aromatic carbocycles. The molecule has 11 heteroatoms. The lowest BCUT2D eigenvalue weighted by Crippen LogP contribution is -2.36. The predicted molar refractivity (Wildman–Crippen MR) is 121 cm³/mol. The summed E-state index contributed by atoms with van der Waals surface area (Å²) in [6.45, 7) is 0.634. The second-order valence-corrected chi connectivity index (χ2v) is 7.73. The summed E-state index contributed by atoms with van der Waals surface area (Å²) in [6, 6.07) is 3.79. The fourth-order valence-corrected chi connectivity index (χ4v) is 3.77. The number of guanidine groups is 1. The molecule has 0 unspecified atom stereocenters. The van der Waals surface area contributed by atoms with Gasteiger partial charge < -0.3 is 15.4 Å². The van der Waals surface area contributed by atoms with Crippen LogP contribution in [0.4, 0.5) is 13.2 Å². The Morgan fingerprint density at radius 3 is 2.53 bits per heavy atom. The van der Waals surface area contributed by atoms with Crippen LogP contribution < -0.4 is 15.4 Å². The molecule has 1 saturated carbocycles. The standard InChI is InChI=1S/C19H24F3N5OS.HI/c1-23-18(26-11-17-27-15(12-29-17)19(20,21)22)25-10-13-7-8-16(24-9-13)28-14-5-3-2-4-6-14;/h7-9,12,14H,2-6,10-11H2,1H3,(H2,23,25,26);1H. The van der Waals surface area contributed by atoms with Crippen molar-refractivity contribution >= 4 is 41.3 Å². The highest BCUT2D eigenvalue weighted by molar-refractivity contribution is 14.0. The summed E-state index contributed by atoms with van der Waals surface area (Å²) >= 11 is 0.959. The largest absolute Gasteiger partial charge is 0.474 e. The minimum absolute atomic E-state index is 0. The monoisotopic (exact) mass is 555 g/mol. The Morgan fingerprint density at radius 2 is 1.93 bits per heavy atom. The molecule has 0 amide bonds. The highest BCUT2D eigenvalue weighted by Gasteiger charge is 2.33. The zero-order valence-corrected chi connectivity index (χ0v) is 19.7. The number of aromatic nitrogens is 2. The van der Waals surface area contributed by atoms with Crippen LogP contribution in [0.1, 0.15) is 48.4 Å². The van der Waals surface area contributed by atoms with Gasteiger partial charge in [-0.05, 0) is 31.2 Å². The van der Waals surface area contributed by atoms with Crippen LogP contribution in [0.25, 0.3) is 0 Å². The molecular formula is C19H25F3IN5OS. The molecule has 0 aliphatic heterocycles. The third-order valence-corrected chi connectivity index (χ3v) is 5.42. The first-order valence-electron chi connectivity index (χ1n) is 9.52. The number of nitrogens with one attached hydrogen (secondary N) is 2. The van der Waals surface area contributed by atoms with Gasteiger partial charge in [-0.2, -0.15) is 13.2 Å². The average Bonchev–Trinajstić information content (AvgIpc) is 3.20. The predicted octanol–water partition coefficient (Wildman–Crippen LogP) is 4.75. The molecule has 0 radical (unpaired) electrons. The Labute approximate surface area is 194 Å². The summed E-state index contributed by atoms with van der Waals surface area (Å²) in [5, 5.41) is 7.42. The number of ether oxygens (including phenoxy) is 1. The molecule has 2 aromatic heterocycles. The zero-order chi connectivity index (χ0) is 20.7. The number of thiazole rings is 1. The number of aliphatic imine (C=N–C) groups is 1. The minimum Gasteiger partial charge on any atom is -0.474 e. The molecule has 1 aliphatic carbocycles. The molecule has 0 saturated heterocycles. The fraction of sp³-hybridized carbons (Fsp3) is 0.526. The fourth-order valence-electron chi connectivity index (χ4n) is 3.03. The van der Waals surface area contributed by atoms with E-state index in [-0.39, 0.29) is 36.6 Å². The van der Waals surface area contributed by atoms with Gasteiger partial charge in [0.1, 0.15) is 11.1 Å². The number of hydrogen-bond acceptors (Lipinski definition) is 5. The Kier molecular flexibility index (Phi) is 9.59. The van der Waals surface area contributed by atoms with Crippen LogP contribution in [0.3, 0.4) is 0 Å². The maximum absolute atomic E-state index is 12.6.